The number of hydrogen-bond donors (Lipinski definition) is 1. The smallest absolute Gasteiger partial charge is 0.307 e. The van der Waals surface area contributed by atoms with Gasteiger partial charge in [-0.25, -0.2) is 0 Å². The summed E-state index contributed by atoms with van der Waals surface area (Å²) in [5.74, 6) is 0.700. The molecule has 0 unspecified atom stereocenters. The van der Waals surface area contributed by atoms with Gasteiger partial charge in [0.15, 0.2) is 0 Å². The molecule has 1 amide bonds. The van der Waals surface area contributed by atoms with E-state index < -0.39 is 12.0 Å². The van der Waals surface area contributed by atoms with E-state index in [1.807, 2.05) is 6.92 Å². The number of aryl methyl sites for hydroxylation is 1. The minimum Gasteiger partial charge on any atom is -0.469 e. The number of carbonyl (C=O) groups excluding carboxylic acids is 2. The summed E-state index contributed by atoms with van der Waals surface area (Å²) >= 11 is 7.24. The molecule has 0 saturated heterocycles. The molecular weight excluding hydrogens is 326 g/mol. The van der Waals surface area contributed by atoms with Crippen LogP contribution in [0.4, 0.5) is 0 Å². The van der Waals surface area contributed by atoms with Crippen molar-refractivity contribution in [1.82, 2.24) is 5.32 Å². The zero-order valence-corrected chi connectivity index (χ0v) is 13.8. The van der Waals surface area contributed by atoms with Gasteiger partial charge in [0.25, 0.3) is 0 Å². The van der Waals surface area contributed by atoms with Crippen molar-refractivity contribution in [2.45, 2.75) is 25.8 Å². The standard InChI is InChI=1S/C15H16ClNO4S/c1-9-3-4-10(21-9)7-14(18)17-11(8-15(19)20-2)12-5-6-13(16)22-12/h3-6,11H,7-8H2,1-2H3,(H,17,18)/t11-/m0/s1. The molecule has 0 aliphatic carbocycles. The van der Waals surface area contributed by atoms with Crippen molar-refractivity contribution in [3.05, 3.63) is 45.0 Å². The maximum absolute atomic E-state index is 12.1. The summed E-state index contributed by atoms with van der Waals surface area (Å²) < 4.78 is 10.6. The van der Waals surface area contributed by atoms with Crippen LogP contribution in [0.1, 0.15) is 28.9 Å². The predicted molar refractivity (Wildman–Crippen MR) is 84.0 cm³/mol. The summed E-state index contributed by atoms with van der Waals surface area (Å²) in [6.45, 7) is 1.81. The van der Waals surface area contributed by atoms with E-state index in [1.165, 1.54) is 18.4 Å². The van der Waals surface area contributed by atoms with Crippen LogP contribution in [0.15, 0.2) is 28.7 Å². The number of methoxy groups -OCH3 is 1. The Labute approximate surface area is 137 Å². The first kappa shape index (κ1) is 16.6. The lowest BCUT2D eigenvalue weighted by Crippen LogP contribution is -2.31. The Bertz CT molecular complexity index is 664. The van der Waals surface area contributed by atoms with E-state index in [0.717, 1.165) is 10.6 Å². The molecule has 118 valence electrons. The molecule has 7 heteroatoms. The molecule has 1 atom stereocenters. The normalized spacial score (nSPS) is 12.0. The van der Waals surface area contributed by atoms with Crippen LogP contribution in [-0.2, 0) is 20.7 Å². The fraction of sp³-hybridized carbons (Fsp3) is 0.333. The average Bonchev–Trinajstić information content (AvgIpc) is 3.06. The molecule has 2 aromatic heterocycles. The fourth-order valence-corrected chi connectivity index (χ4v) is 3.08. The molecule has 22 heavy (non-hydrogen) atoms. The number of halogens is 1. The largest absolute Gasteiger partial charge is 0.469 e. The third-order valence-corrected chi connectivity index (χ3v) is 4.35. The number of hydrogen-bond acceptors (Lipinski definition) is 5. The first-order chi connectivity index (χ1) is 10.5. The number of furan rings is 1. The van der Waals surface area contributed by atoms with Crippen molar-refractivity contribution in [2.75, 3.05) is 7.11 Å². The molecule has 0 aliphatic heterocycles. The summed E-state index contributed by atoms with van der Waals surface area (Å²) in [6, 6.07) is 6.61. The van der Waals surface area contributed by atoms with E-state index >= 15 is 0 Å². The van der Waals surface area contributed by atoms with Crippen LogP contribution >= 0.6 is 22.9 Å². The highest BCUT2D eigenvalue weighted by Gasteiger charge is 2.21. The number of carbonyl (C=O) groups is 2. The Morgan fingerprint density at radius 3 is 2.68 bits per heavy atom. The van der Waals surface area contributed by atoms with Gasteiger partial charge in [0, 0.05) is 4.88 Å². The second-order valence-electron chi connectivity index (χ2n) is 4.73. The van der Waals surface area contributed by atoms with Crippen LogP contribution in [0.3, 0.4) is 0 Å². The van der Waals surface area contributed by atoms with Gasteiger partial charge in [0.05, 0.1) is 30.3 Å². The van der Waals surface area contributed by atoms with Crippen molar-refractivity contribution < 1.29 is 18.7 Å². The molecule has 5 nitrogen and oxygen atoms in total. The number of esters is 1. The summed E-state index contributed by atoms with van der Waals surface area (Å²) in [4.78, 5) is 24.5. The lowest BCUT2D eigenvalue weighted by molar-refractivity contribution is -0.141. The minimum atomic E-state index is -0.464. The maximum atomic E-state index is 12.1. The monoisotopic (exact) mass is 341 g/mol. The summed E-state index contributed by atoms with van der Waals surface area (Å²) in [7, 11) is 1.31. The van der Waals surface area contributed by atoms with Gasteiger partial charge in [-0.1, -0.05) is 11.6 Å². The van der Waals surface area contributed by atoms with Gasteiger partial charge in [-0.05, 0) is 31.2 Å². The van der Waals surface area contributed by atoms with Gasteiger partial charge >= 0.3 is 5.97 Å². The number of thiophene rings is 1. The Kier molecular flexibility index (Phi) is 5.63. The van der Waals surface area contributed by atoms with Gasteiger partial charge < -0.3 is 14.5 Å². The van der Waals surface area contributed by atoms with Gasteiger partial charge in [-0.2, -0.15) is 0 Å². The van der Waals surface area contributed by atoms with Crippen LogP contribution in [0.2, 0.25) is 4.34 Å². The van der Waals surface area contributed by atoms with Crippen molar-refractivity contribution in [2.24, 2.45) is 0 Å². The van der Waals surface area contributed by atoms with Crippen LogP contribution in [0, 0.1) is 6.92 Å². The Morgan fingerprint density at radius 2 is 2.14 bits per heavy atom. The van der Waals surface area contributed by atoms with Crippen molar-refractivity contribution in [3.8, 4) is 0 Å². The molecular formula is C15H16ClNO4S. The van der Waals surface area contributed by atoms with Gasteiger partial charge in [-0.15, -0.1) is 11.3 Å². The summed E-state index contributed by atoms with van der Waals surface area (Å²) in [6.07, 6.45) is 0.168. The highest BCUT2D eigenvalue weighted by molar-refractivity contribution is 7.16. The number of nitrogens with one attached hydrogen (secondary N) is 1. The van der Waals surface area contributed by atoms with E-state index in [0.29, 0.717) is 10.1 Å². The second kappa shape index (κ2) is 7.47. The third kappa shape index (κ3) is 4.61. The molecule has 0 fully saturated rings. The molecule has 0 bridgehead atoms. The van der Waals surface area contributed by atoms with E-state index in [2.05, 4.69) is 10.1 Å². The van der Waals surface area contributed by atoms with E-state index in [-0.39, 0.29) is 18.7 Å². The van der Waals surface area contributed by atoms with Gasteiger partial charge in [-0.3, -0.25) is 9.59 Å². The molecule has 1 N–H and O–H groups in total. The predicted octanol–water partition coefficient (Wildman–Crippen LogP) is 3.27. The van der Waals surface area contributed by atoms with E-state index in [1.54, 1.807) is 24.3 Å². The van der Waals surface area contributed by atoms with Crippen LogP contribution < -0.4 is 5.32 Å². The average molecular weight is 342 g/mol. The first-order valence-electron chi connectivity index (χ1n) is 6.64. The van der Waals surface area contributed by atoms with Gasteiger partial charge in [0.1, 0.15) is 11.5 Å². The van der Waals surface area contributed by atoms with E-state index in [4.69, 9.17) is 16.0 Å². The summed E-state index contributed by atoms with van der Waals surface area (Å²) in [5.41, 5.74) is 0. The van der Waals surface area contributed by atoms with Crippen LogP contribution in [0.5, 0.6) is 0 Å². The number of amides is 1. The minimum absolute atomic E-state index is 0.0518. The molecule has 0 saturated carbocycles. The molecule has 0 aliphatic rings. The highest BCUT2D eigenvalue weighted by atomic mass is 35.5. The number of rotatable bonds is 6. The van der Waals surface area contributed by atoms with Crippen LogP contribution in [0.25, 0.3) is 0 Å². The SMILES string of the molecule is COC(=O)C[C@H](NC(=O)Cc1ccc(C)o1)c1ccc(Cl)s1. The van der Waals surface area contributed by atoms with Crippen molar-refractivity contribution >= 4 is 34.8 Å². The van der Waals surface area contributed by atoms with Gasteiger partial charge in [0.2, 0.25) is 5.91 Å². The quantitative estimate of drug-likeness (QED) is 0.819. The molecule has 0 aromatic carbocycles. The van der Waals surface area contributed by atoms with E-state index in [9.17, 15) is 9.59 Å². The lowest BCUT2D eigenvalue weighted by atomic mass is 10.1. The molecule has 0 spiro atoms. The Hall–Kier alpha value is -1.79. The second-order valence-corrected chi connectivity index (χ2v) is 6.48. The maximum Gasteiger partial charge on any atom is 0.307 e. The zero-order chi connectivity index (χ0) is 16.1. The molecule has 0 radical (unpaired) electrons. The fourth-order valence-electron chi connectivity index (χ4n) is 1.97. The topological polar surface area (TPSA) is 68.5 Å². The van der Waals surface area contributed by atoms with Crippen LogP contribution in [-0.4, -0.2) is 19.0 Å². The first-order valence-corrected chi connectivity index (χ1v) is 7.84. The molecule has 2 aromatic rings. The summed E-state index contributed by atoms with van der Waals surface area (Å²) in [5, 5.41) is 2.82. The lowest BCUT2D eigenvalue weighted by Gasteiger charge is -2.16. The third-order valence-electron chi connectivity index (χ3n) is 3.00. The number of ether oxygens (including phenoxy) is 1. The highest BCUT2D eigenvalue weighted by Crippen LogP contribution is 2.29. The molecule has 2 rings (SSSR count). The van der Waals surface area contributed by atoms with Crippen molar-refractivity contribution in [3.63, 3.8) is 0 Å². The Balaban J connectivity index is 2.05. The molecule has 2 heterocycles. The zero-order valence-electron chi connectivity index (χ0n) is 12.2. The Morgan fingerprint density at radius 1 is 1.36 bits per heavy atom. The van der Waals surface area contributed by atoms with Crippen molar-refractivity contribution in [1.29, 1.82) is 0 Å².